The monoisotopic (exact) mass is 489 g/mol. The lowest BCUT2D eigenvalue weighted by molar-refractivity contribution is -0.0401. The van der Waals surface area contributed by atoms with E-state index in [0.717, 1.165) is 6.07 Å². The number of carbonyl (C=O) groups excluding carboxylic acids is 2. The summed E-state index contributed by atoms with van der Waals surface area (Å²) < 4.78 is 43.9. The molecule has 1 atom stereocenters. The van der Waals surface area contributed by atoms with Gasteiger partial charge in [0.15, 0.2) is 0 Å². The van der Waals surface area contributed by atoms with Crippen molar-refractivity contribution in [2.75, 3.05) is 66.6 Å². The molecule has 4 rings (SSSR count). The van der Waals surface area contributed by atoms with Gasteiger partial charge in [0.05, 0.1) is 32.5 Å². The minimum Gasteiger partial charge on any atom is -0.496 e. The van der Waals surface area contributed by atoms with E-state index in [0.29, 0.717) is 75.5 Å². The fourth-order valence-corrected chi connectivity index (χ4v) is 4.49. The number of morpholine rings is 1. The van der Waals surface area contributed by atoms with E-state index in [4.69, 9.17) is 14.2 Å². The molecule has 2 amide bonds. The first-order valence-corrected chi connectivity index (χ1v) is 11.5. The number of ether oxygens (including phenoxy) is 3. The molecule has 2 saturated heterocycles. The Labute approximate surface area is 202 Å². The first-order valence-electron chi connectivity index (χ1n) is 11.5. The highest BCUT2D eigenvalue weighted by Crippen LogP contribution is 2.30. The van der Waals surface area contributed by atoms with Gasteiger partial charge >= 0.3 is 0 Å². The number of piperazine rings is 1. The molecule has 2 aromatic carbocycles. The molecule has 0 aromatic heterocycles. The Bertz CT molecular complexity index is 1050. The van der Waals surface area contributed by atoms with E-state index in [1.54, 1.807) is 23.1 Å². The minimum absolute atomic E-state index is 0.147. The lowest BCUT2D eigenvalue weighted by atomic mass is 10.1. The maximum absolute atomic E-state index is 14.1. The second-order valence-electron chi connectivity index (χ2n) is 8.50. The molecule has 2 aliphatic heterocycles. The predicted octanol–water partition coefficient (Wildman–Crippen LogP) is 2.28. The summed E-state index contributed by atoms with van der Waals surface area (Å²) in [4.78, 5) is 31.4. The second kappa shape index (κ2) is 11.0. The highest BCUT2D eigenvalue weighted by molar-refractivity contribution is 5.99. The van der Waals surface area contributed by atoms with Crippen molar-refractivity contribution >= 4 is 11.8 Å². The van der Waals surface area contributed by atoms with E-state index in [-0.39, 0.29) is 17.6 Å². The molecule has 188 valence electrons. The van der Waals surface area contributed by atoms with E-state index in [1.807, 2.05) is 0 Å². The highest BCUT2D eigenvalue weighted by atomic mass is 19.1. The molecule has 0 spiro atoms. The van der Waals surface area contributed by atoms with Crippen molar-refractivity contribution in [2.45, 2.75) is 6.10 Å². The largest absolute Gasteiger partial charge is 0.496 e. The molecule has 0 N–H and O–H groups in total. The van der Waals surface area contributed by atoms with Gasteiger partial charge in [0, 0.05) is 51.9 Å². The molecule has 2 aliphatic rings. The average Bonchev–Trinajstić information content (AvgIpc) is 2.88. The van der Waals surface area contributed by atoms with E-state index in [2.05, 4.69) is 4.90 Å². The summed E-state index contributed by atoms with van der Waals surface area (Å²) in [5, 5.41) is 0. The van der Waals surface area contributed by atoms with E-state index < -0.39 is 17.5 Å². The van der Waals surface area contributed by atoms with Crippen molar-refractivity contribution in [3.63, 3.8) is 0 Å². The Morgan fingerprint density at radius 3 is 2.26 bits per heavy atom. The fraction of sp³-hybridized carbons (Fsp3) is 0.440. The molecule has 2 heterocycles. The van der Waals surface area contributed by atoms with Crippen LogP contribution in [-0.4, -0.2) is 99.3 Å². The molecule has 2 fully saturated rings. The predicted molar refractivity (Wildman–Crippen MR) is 124 cm³/mol. The minimum atomic E-state index is -0.870. The van der Waals surface area contributed by atoms with Gasteiger partial charge < -0.3 is 24.0 Å². The Hall–Kier alpha value is -3.24. The van der Waals surface area contributed by atoms with Crippen molar-refractivity contribution in [1.82, 2.24) is 14.7 Å². The van der Waals surface area contributed by atoms with Crippen molar-refractivity contribution < 1.29 is 32.6 Å². The number of rotatable bonds is 6. The summed E-state index contributed by atoms with van der Waals surface area (Å²) in [5.74, 6) is -1.28. The molecule has 0 aliphatic carbocycles. The molecular formula is C25H29F2N3O5. The summed E-state index contributed by atoms with van der Waals surface area (Å²) in [6.45, 7) is 3.91. The van der Waals surface area contributed by atoms with Crippen LogP contribution in [-0.2, 0) is 4.74 Å². The average molecular weight is 490 g/mol. The number of carbonyl (C=O) groups is 2. The zero-order chi connectivity index (χ0) is 24.9. The third-order valence-corrected chi connectivity index (χ3v) is 6.35. The highest BCUT2D eigenvalue weighted by Gasteiger charge is 2.31. The quantitative estimate of drug-likeness (QED) is 0.620. The molecule has 8 nitrogen and oxygen atoms in total. The Balaban J connectivity index is 1.33. The molecule has 0 saturated carbocycles. The summed E-state index contributed by atoms with van der Waals surface area (Å²) in [7, 11) is 3.04. The van der Waals surface area contributed by atoms with Crippen LogP contribution in [0.15, 0.2) is 36.4 Å². The molecule has 35 heavy (non-hydrogen) atoms. The molecule has 0 radical (unpaired) electrons. The van der Waals surface area contributed by atoms with Crippen molar-refractivity contribution in [3.05, 3.63) is 59.2 Å². The number of hydrogen-bond acceptors (Lipinski definition) is 6. The number of hydrogen-bond donors (Lipinski definition) is 0. The van der Waals surface area contributed by atoms with Gasteiger partial charge in [-0.3, -0.25) is 14.5 Å². The fourth-order valence-electron chi connectivity index (χ4n) is 4.49. The molecule has 0 bridgehead atoms. The second-order valence-corrected chi connectivity index (χ2v) is 8.50. The van der Waals surface area contributed by atoms with Gasteiger partial charge in [-0.05, 0) is 24.3 Å². The van der Waals surface area contributed by atoms with Gasteiger partial charge in [0.25, 0.3) is 11.8 Å². The Kier molecular flexibility index (Phi) is 7.82. The van der Waals surface area contributed by atoms with Crippen LogP contribution in [0, 0.1) is 11.6 Å². The van der Waals surface area contributed by atoms with Crippen LogP contribution in [0.5, 0.6) is 11.5 Å². The van der Waals surface area contributed by atoms with Gasteiger partial charge in [-0.25, -0.2) is 8.78 Å². The van der Waals surface area contributed by atoms with E-state index in [1.165, 1.54) is 25.2 Å². The molecule has 1 unspecified atom stereocenters. The zero-order valence-corrected chi connectivity index (χ0v) is 19.8. The summed E-state index contributed by atoms with van der Waals surface area (Å²) in [6.07, 6.45) is -0.243. The zero-order valence-electron chi connectivity index (χ0n) is 19.8. The van der Waals surface area contributed by atoms with Gasteiger partial charge in [0.1, 0.15) is 28.7 Å². The normalized spacial score (nSPS) is 18.9. The van der Waals surface area contributed by atoms with E-state index in [9.17, 15) is 18.4 Å². The maximum atomic E-state index is 14.1. The number of amides is 2. The third-order valence-electron chi connectivity index (χ3n) is 6.35. The van der Waals surface area contributed by atoms with Crippen LogP contribution in [0.4, 0.5) is 8.78 Å². The number of halogens is 2. The van der Waals surface area contributed by atoms with Crippen LogP contribution in [0.1, 0.15) is 20.7 Å². The number of methoxy groups -OCH3 is 2. The van der Waals surface area contributed by atoms with Gasteiger partial charge in [0.2, 0.25) is 0 Å². The first-order chi connectivity index (χ1) is 16.9. The van der Waals surface area contributed by atoms with Gasteiger partial charge in [-0.15, -0.1) is 0 Å². The van der Waals surface area contributed by atoms with Crippen molar-refractivity contribution in [2.24, 2.45) is 0 Å². The number of nitrogens with zero attached hydrogens (tertiary/aromatic N) is 3. The van der Waals surface area contributed by atoms with Crippen LogP contribution in [0.3, 0.4) is 0 Å². The standard InChI is InChI=1S/C25H29F2N3O5/c1-33-21-4-3-5-22(34-2)23(21)25(32)29-10-8-28(9-11-29)15-18-16-30(12-13-35-18)24(31)19-7-6-17(26)14-20(19)27/h3-7,14,18H,8-13,15-16H2,1-2H3. The first kappa shape index (κ1) is 24.9. The van der Waals surface area contributed by atoms with Crippen LogP contribution in [0.25, 0.3) is 0 Å². The summed E-state index contributed by atoms with van der Waals surface area (Å²) >= 11 is 0. The summed E-state index contributed by atoms with van der Waals surface area (Å²) in [6, 6.07) is 8.20. The van der Waals surface area contributed by atoms with Crippen molar-refractivity contribution in [1.29, 1.82) is 0 Å². The molecule has 10 heteroatoms. The number of benzene rings is 2. The van der Waals surface area contributed by atoms with Gasteiger partial charge in [-0.2, -0.15) is 0 Å². The van der Waals surface area contributed by atoms with Crippen LogP contribution < -0.4 is 9.47 Å². The Morgan fingerprint density at radius 2 is 1.63 bits per heavy atom. The van der Waals surface area contributed by atoms with Gasteiger partial charge in [-0.1, -0.05) is 6.07 Å². The van der Waals surface area contributed by atoms with Crippen molar-refractivity contribution in [3.8, 4) is 11.5 Å². The lowest BCUT2D eigenvalue weighted by Crippen LogP contribution is -2.54. The third kappa shape index (κ3) is 5.54. The lowest BCUT2D eigenvalue weighted by Gasteiger charge is -2.39. The van der Waals surface area contributed by atoms with Crippen LogP contribution in [0.2, 0.25) is 0 Å². The maximum Gasteiger partial charge on any atom is 0.261 e. The Morgan fingerprint density at radius 1 is 0.943 bits per heavy atom. The topological polar surface area (TPSA) is 71.6 Å². The van der Waals surface area contributed by atoms with E-state index >= 15 is 0 Å². The molecular weight excluding hydrogens is 460 g/mol. The molecule has 2 aromatic rings. The summed E-state index contributed by atoms with van der Waals surface area (Å²) in [5.41, 5.74) is 0.259. The van der Waals surface area contributed by atoms with Crippen LogP contribution >= 0.6 is 0 Å². The SMILES string of the molecule is COc1cccc(OC)c1C(=O)N1CCN(CC2CN(C(=O)c3ccc(F)cc3F)CCO2)CC1. The smallest absolute Gasteiger partial charge is 0.261 e.